The van der Waals surface area contributed by atoms with Crippen molar-refractivity contribution in [2.45, 2.75) is 39.0 Å². The number of hydrogen-bond acceptors (Lipinski definition) is 4. The van der Waals surface area contributed by atoms with Crippen LogP contribution in [-0.2, 0) is 17.6 Å². The highest BCUT2D eigenvalue weighted by Crippen LogP contribution is 2.39. The monoisotopic (exact) mass is 406 g/mol. The van der Waals surface area contributed by atoms with E-state index in [2.05, 4.69) is 12.2 Å². The van der Waals surface area contributed by atoms with E-state index in [9.17, 15) is 9.59 Å². The molecule has 0 bridgehead atoms. The van der Waals surface area contributed by atoms with Gasteiger partial charge in [-0.3, -0.25) is 9.59 Å². The summed E-state index contributed by atoms with van der Waals surface area (Å²) < 4.78 is 5.59. The van der Waals surface area contributed by atoms with Gasteiger partial charge in [0.15, 0.2) is 0 Å². The van der Waals surface area contributed by atoms with Crippen molar-refractivity contribution >= 4 is 39.8 Å². The van der Waals surface area contributed by atoms with E-state index in [1.54, 1.807) is 24.3 Å². The number of primary amides is 1. The molecule has 7 heteroatoms. The fourth-order valence-electron chi connectivity index (χ4n) is 3.24. The summed E-state index contributed by atoms with van der Waals surface area (Å²) in [4.78, 5) is 25.4. The van der Waals surface area contributed by atoms with Gasteiger partial charge in [-0.15, -0.1) is 11.3 Å². The van der Waals surface area contributed by atoms with Gasteiger partial charge < -0.3 is 15.8 Å². The molecule has 27 heavy (non-hydrogen) atoms. The summed E-state index contributed by atoms with van der Waals surface area (Å²) in [6.45, 7) is 2.63. The number of benzene rings is 1. The summed E-state index contributed by atoms with van der Waals surface area (Å²) in [6, 6.07) is 7.10. The van der Waals surface area contributed by atoms with Gasteiger partial charge in [0.2, 0.25) is 5.91 Å². The SMILES string of the molecule is C[C@H]1CCc2c(sc(NC(=O)CCCOc3ccc(Cl)cc3)c2C(N)=O)C1. The second-order valence-corrected chi connectivity index (χ2v) is 8.42. The summed E-state index contributed by atoms with van der Waals surface area (Å²) in [5.74, 6) is 0.702. The van der Waals surface area contributed by atoms with E-state index >= 15 is 0 Å². The summed E-state index contributed by atoms with van der Waals surface area (Å²) >= 11 is 7.32. The Morgan fingerprint density at radius 3 is 2.78 bits per heavy atom. The Balaban J connectivity index is 1.54. The topological polar surface area (TPSA) is 81.4 Å². The second kappa shape index (κ2) is 8.76. The molecule has 3 N–H and O–H groups in total. The molecule has 1 aliphatic rings. The van der Waals surface area contributed by atoms with E-state index in [4.69, 9.17) is 22.1 Å². The lowest BCUT2D eigenvalue weighted by molar-refractivity contribution is -0.116. The number of rotatable bonds is 7. The summed E-state index contributed by atoms with van der Waals surface area (Å²) in [7, 11) is 0. The number of carbonyl (C=O) groups is 2. The average molecular weight is 407 g/mol. The van der Waals surface area contributed by atoms with Crippen molar-refractivity contribution in [2.24, 2.45) is 11.7 Å². The number of halogens is 1. The summed E-state index contributed by atoms with van der Waals surface area (Å²) in [5.41, 5.74) is 7.09. The van der Waals surface area contributed by atoms with Crippen LogP contribution in [-0.4, -0.2) is 18.4 Å². The highest BCUT2D eigenvalue weighted by molar-refractivity contribution is 7.17. The van der Waals surface area contributed by atoms with Crippen molar-refractivity contribution in [3.63, 3.8) is 0 Å². The third-order valence-corrected chi connectivity index (χ3v) is 6.06. The Bertz CT molecular complexity index is 832. The number of hydrogen-bond donors (Lipinski definition) is 2. The first-order chi connectivity index (χ1) is 12.9. The lowest BCUT2D eigenvalue weighted by Crippen LogP contribution is -2.19. The van der Waals surface area contributed by atoms with Gasteiger partial charge in [-0.25, -0.2) is 0 Å². The maximum atomic E-state index is 12.3. The normalized spacial score (nSPS) is 15.9. The molecule has 1 aromatic carbocycles. The molecule has 0 aliphatic heterocycles. The van der Waals surface area contributed by atoms with Gasteiger partial charge in [-0.05, 0) is 61.4 Å². The van der Waals surface area contributed by atoms with Gasteiger partial charge in [-0.2, -0.15) is 0 Å². The zero-order valence-electron chi connectivity index (χ0n) is 15.2. The highest BCUT2D eigenvalue weighted by Gasteiger charge is 2.27. The number of nitrogens with two attached hydrogens (primary N) is 1. The number of nitrogens with one attached hydrogen (secondary N) is 1. The van der Waals surface area contributed by atoms with Crippen LogP contribution in [0.3, 0.4) is 0 Å². The second-order valence-electron chi connectivity index (χ2n) is 6.87. The van der Waals surface area contributed by atoms with E-state index in [1.165, 1.54) is 16.2 Å². The number of thiophene rings is 1. The van der Waals surface area contributed by atoms with Crippen molar-refractivity contribution < 1.29 is 14.3 Å². The van der Waals surface area contributed by atoms with Crippen molar-refractivity contribution in [2.75, 3.05) is 11.9 Å². The fourth-order valence-corrected chi connectivity index (χ4v) is 4.80. The van der Waals surface area contributed by atoms with Crippen LogP contribution in [0.1, 0.15) is 47.0 Å². The molecule has 0 radical (unpaired) electrons. The maximum absolute atomic E-state index is 12.3. The van der Waals surface area contributed by atoms with Gasteiger partial charge in [0.05, 0.1) is 12.2 Å². The van der Waals surface area contributed by atoms with Crippen LogP contribution in [0, 0.1) is 5.92 Å². The maximum Gasteiger partial charge on any atom is 0.251 e. The molecule has 5 nitrogen and oxygen atoms in total. The molecule has 2 aromatic rings. The lowest BCUT2D eigenvalue weighted by Gasteiger charge is -2.18. The van der Waals surface area contributed by atoms with Gasteiger partial charge in [0, 0.05) is 16.3 Å². The lowest BCUT2D eigenvalue weighted by atomic mass is 9.88. The van der Waals surface area contributed by atoms with Crippen molar-refractivity contribution in [1.29, 1.82) is 0 Å². The predicted octanol–water partition coefficient (Wildman–Crippen LogP) is 4.42. The minimum absolute atomic E-state index is 0.135. The predicted molar refractivity (Wildman–Crippen MR) is 109 cm³/mol. The number of anilines is 1. The Kier molecular flexibility index (Phi) is 6.39. The third-order valence-electron chi connectivity index (χ3n) is 4.64. The molecule has 0 spiro atoms. The molecule has 0 saturated heterocycles. The quantitative estimate of drug-likeness (QED) is 0.667. The summed E-state index contributed by atoms with van der Waals surface area (Å²) in [6.07, 6.45) is 3.70. The van der Waals surface area contributed by atoms with E-state index in [-0.39, 0.29) is 5.91 Å². The van der Waals surface area contributed by atoms with Crippen LogP contribution in [0.25, 0.3) is 0 Å². The smallest absolute Gasteiger partial charge is 0.251 e. The molecular weight excluding hydrogens is 384 g/mol. The molecule has 144 valence electrons. The van der Waals surface area contributed by atoms with Crippen LogP contribution >= 0.6 is 22.9 Å². The fraction of sp³-hybridized carbons (Fsp3) is 0.400. The first-order valence-electron chi connectivity index (χ1n) is 9.06. The zero-order valence-corrected chi connectivity index (χ0v) is 16.8. The van der Waals surface area contributed by atoms with Gasteiger partial charge in [0.25, 0.3) is 5.91 Å². The summed E-state index contributed by atoms with van der Waals surface area (Å²) in [5, 5.41) is 4.12. The molecule has 2 amide bonds. The molecule has 1 aromatic heterocycles. The van der Waals surface area contributed by atoms with Crippen molar-refractivity contribution in [1.82, 2.24) is 0 Å². The third kappa shape index (κ3) is 5.02. The average Bonchev–Trinajstić information content (AvgIpc) is 2.97. The van der Waals surface area contributed by atoms with Gasteiger partial charge in [0.1, 0.15) is 10.8 Å². The first kappa shape index (κ1) is 19.7. The van der Waals surface area contributed by atoms with Crippen LogP contribution < -0.4 is 15.8 Å². The molecule has 3 rings (SSSR count). The minimum Gasteiger partial charge on any atom is -0.494 e. The number of ether oxygens (including phenoxy) is 1. The first-order valence-corrected chi connectivity index (χ1v) is 10.3. The van der Waals surface area contributed by atoms with Crippen molar-refractivity contribution in [3.8, 4) is 5.75 Å². The minimum atomic E-state index is -0.469. The Morgan fingerprint density at radius 1 is 1.33 bits per heavy atom. The number of amides is 2. The van der Waals surface area contributed by atoms with E-state index in [0.717, 1.165) is 30.6 Å². The Labute approximate surface area is 167 Å². The van der Waals surface area contributed by atoms with Crippen LogP contribution in [0.5, 0.6) is 5.75 Å². The molecule has 0 saturated carbocycles. The van der Waals surface area contributed by atoms with Gasteiger partial charge >= 0.3 is 0 Å². The standard InChI is InChI=1S/C20H23ClN2O3S/c1-12-4-9-15-16(11-12)27-20(18(15)19(22)25)23-17(24)3-2-10-26-14-7-5-13(21)6-8-14/h5-8,12H,2-4,9-11H2,1H3,(H2,22,25)(H,23,24)/t12-/m0/s1. The van der Waals surface area contributed by atoms with Gasteiger partial charge in [-0.1, -0.05) is 18.5 Å². The zero-order chi connectivity index (χ0) is 19.4. The molecule has 1 heterocycles. The van der Waals surface area contributed by atoms with E-state index < -0.39 is 5.91 Å². The Hall–Kier alpha value is -2.05. The van der Waals surface area contributed by atoms with Crippen LogP contribution in [0.15, 0.2) is 24.3 Å². The van der Waals surface area contributed by atoms with Crippen molar-refractivity contribution in [3.05, 3.63) is 45.3 Å². The molecule has 1 atom stereocenters. The van der Waals surface area contributed by atoms with E-state index in [0.29, 0.717) is 41.0 Å². The highest BCUT2D eigenvalue weighted by atomic mass is 35.5. The molecule has 1 aliphatic carbocycles. The largest absolute Gasteiger partial charge is 0.494 e. The van der Waals surface area contributed by atoms with Crippen LogP contribution in [0.4, 0.5) is 5.00 Å². The molecule has 0 fully saturated rings. The van der Waals surface area contributed by atoms with Crippen LogP contribution in [0.2, 0.25) is 5.02 Å². The number of carbonyl (C=O) groups excluding carboxylic acids is 2. The molecular formula is C20H23ClN2O3S. The van der Waals surface area contributed by atoms with E-state index in [1.807, 2.05) is 0 Å². The number of fused-ring (bicyclic) bond motifs is 1. The Morgan fingerprint density at radius 2 is 2.07 bits per heavy atom. The molecule has 0 unspecified atom stereocenters.